The Kier molecular flexibility index (Phi) is 3.85. The van der Waals surface area contributed by atoms with E-state index in [1.54, 1.807) is 12.1 Å². The molecule has 0 aliphatic carbocycles. The standard InChI is InChI=1S/C10H9Cl2N5.ClH/c11-5-3-7-8(4-6(5)12)16-10(15-7)17-9-13-1-2-14-9;/h3-4H,1-2H2,(H3,13,14,15,16,17);1H. The summed E-state index contributed by atoms with van der Waals surface area (Å²) < 4.78 is 0. The van der Waals surface area contributed by atoms with Gasteiger partial charge in [-0.2, -0.15) is 0 Å². The molecule has 0 saturated heterocycles. The topological polar surface area (TPSA) is 65.1 Å². The molecule has 0 radical (unpaired) electrons. The molecule has 0 unspecified atom stereocenters. The normalized spacial score (nSPS) is 14.0. The molecule has 0 saturated carbocycles. The van der Waals surface area contributed by atoms with Crippen molar-refractivity contribution in [2.45, 2.75) is 0 Å². The molecule has 2 heterocycles. The number of benzene rings is 1. The van der Waals surface area contributed by atoms with Crippen molar-refractivity contribution in [1.29, 1.82) is 0 Å². The van der Waals surface area contributed by atoms with Gasteiger partial charge >= 0.3 is 0 Å². The van der Waals surface area contributed by atoms with Crippen molar-refractivity contribution < 1.29 is 0 Å². The van der Waals surface area contributed by atoms with Gasteiger partial charge in [0.05, 0.1) is 27.6 Å². The lowest BCUT2D eigenvalue weighted by Gasteiger charge is -2.01. The van der Waals surface area contributed by atoms with Gasteiger partial charge < -0.3 is 10.3 Å². The van der Waals surface area contributed by atoms with E-state index >= 15 is 0 Å². The fourth-order valence-electron chi connectivity index (χ4n) is 1.66. The maximum atomic E-state index is 5.93. The molecular formula is C10H10Cl3N5. The third kappa shape index (κ3) is 2.48. The van der Waals surface area contributed by atoms with Crippen molar-refractivity contribution in [3.63, 3.8) is 0 Å². The second kappa shape index (κ2) is 5.22. The molecule has 5 nitrogen and oxygen atoms in total. The number of aliphatic imine (C=N–C) groups is 1. The fraction of sp³-hybridized carbons (Fsp3) is 0.200. The number of aromatic nitrogens is 2. The van der Waals surface area contributed by atoms with E-state index in [2.05, 4.69) is 25.6 Å². The lowest BCUT2D eigenvalue weighted by molar-refractivity contribution is 0.958. The highest BCUT2D eigenvalue weighted by Gasteiger charge is 2.09. The van der Waals surface area contributed by atoms with Gasteiger partial charge in [-0.1, -0.05) is 23.2 Å². The van der Waals surface area contributed by atoms with E-state index in [1.807, 2.05) is 0 Å². The van der Waals surface area contributed by atoms with E-state index in [9.17, 15) is 0 Å². The molecular weight excluding hydrogens is 297 g/mol. The van der Waals surface area contributed by atoms with E-state index in [1.165, 1.54) is 0 Å². The summed E-state index contributed by atoms with van der Waals surface area (Å²) in [5, 5.41) is 7.15. The van der Waals surface area contributed by atoms with Crippen molar-refractivity contribution in [3.8, 4) is 0 Å². The minimum atomic E-state index is 0. The molecule has 96 valence electrons. The van der Waals surface area contributed by atoms with E-state index < -0.39 is 0 Å². The lowest BCUT2D eigenvalue weighted by Crippen LogP contribution is -2.26. The van der Waals surface area contributed by atoms with Gasteiger partial charge in [-0.05, 0) is 12.1 Å². The summed E-state index contributed by atoms with van der Waals surface area (Å²) in [6, 6.07) is 3.48. The highest BCUT2D eigenvalue weighted by Crippen LogP contribution is 2.27. The van der Waals surface area contributed by atoms with Gasteiger partial charge in [0.1, 0.15) is 0 Å². The summed E-state index contributed by atoms with van der Waals surface area (Å²) in [6.07, 6.45) is 0. The number of anilines is 1. The van der Waals surface area contributed by atoms with Crippen LogP contribution in [0.3, 0.4) is 0 Å². The molecule has 1 aromatic carbocycles. The van der Waals surface area contributed by atoms with Gasteiger partial charge in [0.2, 0.25) is 5.95 Å². The minimum Gasteiger partial charge on any atom is -0.354 e. The van der Waals surface area contributed by atoms with Crippen molar-refractivity contribution in [3.05, 3.63) is 22.2 Å². The molecule has 3 rings (SSSR count). The Morgan fingerprint density at radius 2 is 2.00 bits per heavy atom. The molecule has 1 aliphatic heterocycles. The molecule has 0 fully saturated rings. The third-order valence-corrected chi connectivity index (χ3v) is 3.16. The van der Waals surface area contributed by atoms with Crippen LogP contribution in [-0.4, -0.2) is 29.0 Å². The summed E-state index contributed by atoms with van der Waals surface area (Å²) in [7, 11) is 0. The second-order valence-electron chi connectivity index (χ2n) is 3.65. The molecule has 2 aromatic rings. The average Bonchev–Trinajstić information content (AvgIpc) is 2.89. The molecule has 8 heteroatoms. The van der Waals surface area contributed by atoms with E-state index in [-0.39, 0.29) is 12.4 Å². The molecule has 1 aliphatic rings. The van der Waals surface area contributed by atoms with Crippen LogP contribution in [0, 0.1) is 0 Å². The van der Waals surface area contributed by atoms with Gasteiger partial charge in [-0.25, -0.2) is 4.98 Å². The first kappa shape index (κ1) is 13.3. The lowest BCUT2D eigenvalue weighted by atomic mass is 10.3. The predicted octanol–water partition coefficient (Wildman–Crippen LogP) is 2.66. The summed E-state index contributed by atoms with van der Waals surface area (Å²) in [5.41, 5.74) is 1.60. The van der Waals surface area contributed by atoms with Crippen LogP contribution in [0.2, 0.25) is 10.0 Å². The number of halogens is 3. The number of aromatic amines is 1. The zero-order chi connectivity index (χ0) is 11.8. The minimum absolute atomic E-state index is 0. The predicted molar refractivity (Wildman–Crippen MR) is 77.3 cm³/mol. The number of fused-ring (bicyclic) bond motifs is 1. The first-order valence-electron chi connectivity index (χ1n) is 5.12. The van der Waals surface area contributed by atoms with Crippen LogP contribution in [-0.2, 0) is 0 Å². The number of hydrogen-bond donors (Lipinski definition) is 3. The largest absolute Gasteiger partial charge is 0.354 e. The highest BCUT2D eigenvalue weighted by molar-refractivity contribution is 6.42. The Hall–Kier alpha value is -1.17. The second-order valence-corrected chi connectivity index (χ2v) is 4.47. The Morgan fingerprint density at radius 1 is 1.22 bits per heavy atom. The zero-order valence-electron chi connectivity index (χ0n) is 9.13. The maximum Gasteiger partial charge on any atom is 0.208 e. The van der Waals surface area contributed by atoms with Crippen LogP contribution in [0.25, 0.3) is 11.0 Å². The van der Waals surface area contributed by atoms with Gasteiger partial charge in [-0.15, -0.1) is 12.4 Å². The molecule has 1 aromatic heterocycles. The monoisotopic (exact) mass is 305 g/mol. The fourth-order valence-corrected chi connectivity index (χ4v) is 1.98. The molecule has 18 heavy (non-hydrogen) atoms. The van der Waals surface area contributed by atoms with Crippen molar-refractivity contribution in [2.24, 2.45) is 4.99 Å². The van der Waals surface area contributed by atoms with Gasteiger partial charge in [0.15, 0.2) is 5.96 Å². The maximum absolute atomic E-state index is 5.93. The quantitative estimate of drug-likeness (QED) is 0.759. The van der Waals surface area contributed by atoms with Crippen molar-refractivity contribution in [1.82, 2.24) is 15.3 Å². The van der Waals surface area contributed by atoms with Crippen molar-refractivity contribution >= 4 is 58.6 Å². The first-order chi connectivity index (χ1) is 8.22. The number of H-pyrrole nitrogens is 1. The summed E-state index contributed by atoms with van der Waals surface area (Å²) >= 11 is 11.9. The van der Waals surface area contributed by atoms with E-state index in [4.69, 9.17) is 23.2 Å². The van der Waals surface area contributed by atoms with Gasteiger partial charge in [-0.3, -0.25) is 10.3 Å². The zero-order valence-corrected chi connectivity index (χ0v) is 11.5. The number of nitrogens with one attached hydrogen (secondary N) is 3. The number of hydrogen-bond acceptors (Lipinski definition) is 4. The van der Waals surface area contributed by atoms with Crippen LogP contribution in [0.15, 0.2) is 17.1 Å². The van der Waals surface area contributed by atoms with E-state index in [0.717, 1.165) is 30.1 Å². The van der Waals surface area contributed by atoms with Crippen LogP contribution >= 0.6 is 35.6 Å². The Bertz CT molecular complexity index is 568. The molecule has 0 bridgehead atoms. The van der Waals surface area contributed by atoms with Crippen LogP contribution < -0.4 is 10.6 Å². The SMILES string of the molecule is Cl.Clc1cc2nc(NC3=NCCN3)[nH]c2cc1Cl. The molecule has 3 N–H and O–H groups in total. The first-order valence-corrected chi connectivity index (χ1v) is 5.88. The Morgan fingerprint density at radius 3 is 2.72 bits per heavy atom. The van der Waals surface area contributed by atoms with E-state index in [0.29, 0.717) is 16.0 Å². The number of guanidine groups is 1. The van der Waals surface area contributed by atoms with Crippen LogP contribution in [0.4, 0.5) is 5.95 Å². The summed E-state index contributed by atoms with van der Waals surface area (Å²) in [4.78, 5) is 11.7. The number of imidazole rings is 1. The van der Waals surface area contributed by atoms with Gasteiger partial charge in [0.25, 0.3) is 0 Å². The molecule has 0 amide bonds. The van der Waals surface area contributed by atoms with Crippen LogP contribution in [0.5, 0.6) is 0 Å². The number of rotatable bonds is 1. The average molecular weight is 307 g/mol. The smallest absolute Gasteiger partial charge is 0.208 e. The highest BCUT2D eigenvalue weighted by atomic mass is 35.5. The third-order valence-electron chi connectivity index (χ3n) is 2.43. The summed E-state index contributed by atoms with van der Waals surface area (Å²) in [6.45, 7) is 1.63. The van der Waals surface area contributed by atoms with Crippen LogP contribution in [0.1, 0.15) is 0 Å². The number of nitrogens with zero attached hydrogens (tertiary/aromatic N) is 2. The Labute approximate surface area is 119 Å². The van der Waals surface area contributed by atoms with Crippen molar-refractivity contribution in [2.75, 3.05) is 18.4 Å². The molecule has 0 atom stereocenters. The van der Waals surface area contributed by atoms with Gasteiger partial charge in [0, 0.05) is 6.54 Å². The molecule has 0 spiro atoms. The Balaban J connectivity index is 0.00000120. The summed E-state index contributed by atoms with van der Waals surface area (Å²) in [5.74, 6) is 1.34.